The van der Waals surface area contributed by atoms with Crippen LogP contribution in [0.2, 0.25) is 0 Å². The monoisotopic (exact) mass is 565 g/mol. The van der Waals surface area contributed by atoms with Gasteiger partial charge in [0.2, 0.25) is 11.8 Å². The summed E-state index contributed by atoms with van der Waals surface area (Å²) in [5, 5.41) is 10.1. The molecule has 1 aromatic rings. The van der Waals surface area contributed by atoms with Crippen LogP contribution in [0, 0.1) is 17.8 Å². The highest BCUT2D eigenvalue weighted by Crippen LogP contribution is 2.56. The topological polar surface area (TPSA) is 101 Å². The fraction of sp³-hybridized carbons (Fsp3) is 0.448. The number of hydrogen-bond acceptors (Lipinski definition) is 6. The molecule has 0 aromatic heterocycles. The molecule has 0 bridgehead atoms. The number of hydrogen-bond donors (Lipinski definition) is 1. The van der Waals surface area contributed by atoms with Gasteiger partial charge in [0.25, 0.3) is 0 Å². The number of benzene rings is 1. The van der Waals surface area contributed by atoms with Crippen LogP contribution >= 0.6 is 15.9 Å². The number of ether oxygens (including phenoxy) is 1. The molecule has 192 valence electrons. The summed E-state index contributed by atoms with van der Waals surface area (Å²) in [5.74, 6) is -2.32. The lowest BCUT2D eigenvalue weighted by molar-refractivity contribution is -0.143. The van der Waals surface area contributed by atoms with Crippen LogP contribution < -0.4 is 4.74 Å². The number of rotatable bonds is 3. The maximum absolute atomic E-state index is 13.9. The molecule has 6 rings (SSSR count). The number of ketones is 2. The van der Waals surface area contributed by atoms with E-state index in [2.05, 4.69) is 15.9 Å². The van der Waals surface area contributed by atoms with Crippen molar-refractivity contribution in [1.82, 2.24) is 4.90 Å². The zero-order chi connectivity index (χ0) is 26.0. The highest BCUT2D eigenvalue weighted by atomic mass is 79.9. The van der Waals surface area contributed by atoms with Crippen LogP contribution in [0.5, 0.6) is 11.5 Å². The second-order valence-corrected chi connectivity index (χ2v) is 11.5. The fourth-order valence-electron chi connectivity index (χ4n) is 7.22. The second kappa shape index (κ2) is 9.08. The van der Waals surface area contributed by atoms with Gasteiger partial charge in [-0.25, -0.2) is 0 Å². The minimum atomic E-state index is -0.606. The summed E-state index contributed by atoms with van der Waals surface area (Å²) >= 11 is 3.25. The van der Waals surface area contributed by atoms with E-state index >= 15 is 0 Å². The van der Waals surface area contributed by atoms with Crippen LogP contribution in [-0.2, 0) is 19.2 Å². The number of nitrogens with zero attached hydrogens (tertiary/aromatic N) is 1. The standard InChI is InChI=1S/C29H28BrNO6/c1-37-23-11-15(32)7-8-17(23)24-16-9-10-18-25(29(36)31(28(18)35)14-5-3-2-4-6-14)19(16)12-20-26(24)22(33)13-21(30)27(20)34/h7-9,11,13-14,18-19,24-25,32H,2-6,10,12H2,1H3/t18-,19+,24+,25-/m0/s1. The summed E-state index contributed by atoms with van der Waals surface area (Å²) < 4.78 is 5.78. The Morgan fingerprint density at radius 1 is 1.03 bits per heavy atom. The summed E-state index contributed by atoms with van der Waals surface area (Å²) in [7, 11) is 1.49. The van der Waals surface area contributed by atoms with E-state index in [-0.39, 0.29) is 52.0 Å². The van der Waals surface area contributed by atoms with Crippen molar-refractivity contribution in [3.63, 3.8) is 0 Å². The van der Waals surface area contributed by atoms with Crippen LogP contribution in [-0.4, -0.2) is 46.5 Å². The van der Waals surface area contributed by atoms with E-state index in [4.69, 9.17) is 4.74 Å². The third kappa shape index (κ3) is 3.67. The minimum Gasteiger partial charge on any atom is -0.508 e. The Labute approximate surface area is 223 Å². The number of Topliss-reactive ketones (excluding diaryl/α,β-unsaturated/α-hetero) is 1. The first-order valence-corrected chi connectivity index (χ1v) is 13.7. The molecule has 4 aliphatic carbocycles. The molecule has 4 atom stereocenters. The van der Waals surface area contributed by atoms with Gasteiger partial charge in [-0.05, 0) is 53.6 Å². The van der Waals surface area contributed by atoms with Gasteiger partial charge in [-0.3, -0.25) is 24.1 Å². The number of carbonyl (C=O) groups is 4. The third-order valence-electron chi connectivity index (χ3n) is 8.83. The van der Waals surface area contributed by atoms with E-state index in [1.54, 1.807) is 6.07 Å². The Bertz CT molecular complexity index is 1330. The average Bonchev–Trinajstić information content (AvgIpc) is 3.16. The van der Waals surface area contributed by atoms with Crippen molar-refractivity contribution in [2.24, 2.45) is 17.8 Å². The first kappa shape index (κ1) is 24.3. The lowest BCUT2D eigenvalue weighted by Gasteiger charge is -2.42. The minimum absolute atomic E-state index is 0.0215. The van der Waals surface area contributed by atoms with Crippen molar-refractivity contribution in [2.45, 2.75) is 56.9 Å². The van der Waals surface area contributed by atoms with Gasteiger partial charge < -0.3 is 9.84 Å². The normalized spacial score (nSPS) is 30.1. The molecule has 8 heteroatoms. The van der Waals surface area contributed by atoms with E-state index in [0.717, 1.165) is 37.7 Å². The summed E-state index contributed by atoms with van der Waals surface area (Å²) in [6.07, 6.45) is 8.81. The summed E-state index contributed by atoms with van der Waals surface area (Å²) in [5.41, 5.74) is 2.30. The number of amides is 2. The Hall–Kier alpha value is -3.00. The lowest BCUT2D eigenvalue weighted by Crippen LogP contribution is -2.43. The van der Waals surface area contributed by atoms with Crippen molar-refractivity contribution in [1.29, 1.82) is 0 Å². The molecule has 0 spiro atoms. The zero-order valence-corrected chi connectivity index (χ0v) is 22.1. The molecule has 5 aliphatic rings. The number of aromatic hydroxyl groups is 1. The van der Waals surface area contributed by atoms with Gasteiger partial charge in [0.05, 0.1) is 23.4 Å². The first-order chi connectivity index (χ1) is 17.8. The number of phenolic OH excluding ortho intramolecular Hbond substituents is 1. The van der Waals surface area contributed by atoms with Crippen molar-refractivity contribution in [2.75, 3.05) is 7.11 Å². The molecule has 1 heterocycles. The number of imide groups is 1. The summed E-state index contributed by atoms with van der Waals surface area (Å²) in [6, 6.07) is 4.68. The summed E-state index contributed by atoms with van der Waals surface area (Å²) in [6.45, 7) is 0. The molecular formula is C29H28BrNO6. The SMILES string of the molecule is COc1cc(O)ccc1[C@H]1C2=CC[C@@H]3C(=O)N(C4CCCCC4)C(=O)[C@@H]3[C@@H]2CC2=C1C(=O)C=C(Br)C2=O. The number of fused-ring (bicyclic) bond motifs is 3. The van der Waals surface area contributed by atoms with Gasteiger partial charge >= 0.3 is 0 Å². The smallest absolute Gasteiger partial charge is 0.233 e. The van der Waals surface area contributed by atoms with E-state index in [1.165, 1.54) is 30.2 Å². The van der Waals surface area contributed by atoms with E-state index in [9.17, 15) is 24.3 Å². The molecule has 37 heavy (non-hydrogen) atoms. The van der Waals surface area contributed by atoms with Gasteiger partial charge in [0.1, 0.15) is 11.5 Å². The quantitative estimate of drug-likeness (QED) is 0.329. The molecule has 0 radical (unpaired) electrons. The van der Waals surface area contributed by atoms with Crippen LogP contribution in [0.1, 0.15) is 56.4 Å². The largest absolute Gasteiger partial charge is 0.508 e. The molecule has 7 nitrogen and oxygen atoms in total. The highest BCUT2D eigenvalue weighted by Gasteiger charge is 2.57. The summed E-state index contributed by atoms with van der Waals surface area (Å²) in [4.78, 5) is 55.7. The molecular weight excluding hydrogens is 538 g/mol. The first-order valence-electron chi connectivity index (χ1n) is 12.9. The van der Waals surface area contributed by atoms with E-state index in [0.29, 0.717) is 28.9 Å². The number of carbonyl (C=O) groups excluding carboxylic acids is 4. The van der Waals surface area contributed by atoms with Crippen LogP contribution in [0.15, 0.2) is 51.6 Å². The van der Waals surface area contributed by atoms with E-state index in [1.807, 2.05) is 6.08 Å². The zero-order valence-electron chi connectivity index (χ0n) is 20.5. The van der Waals surface area contributed by atoms with Crippen molar-refractivity contribution >= 4 is 39.3 Å². The fourth-order valence-corrected chi connectivity index (χ4v) is 7.67. The van der Waals surface area contributed by atoms with Gasteiger partial charge in [-0.15, -0.1) is 0 Å². The predicted octanol–water partition coefficient (Wildman–Crippen LogP) is 4.50. The van der Waals surface area contributed by atoms with Gasteiger partial charge in [0.15, 0.2) is 11.6 Å². The molecule has 1 saturated heterocycles. The molecule has 2 amide bonds. The van der Waals surface area contributed by atoms with Crippen molar-refractivity contribution in [3.05, 3.63) is 57.1 Å². The van der Waals surface area contributed by atoms with Crippen LogP contribution in [0.3, 0.4) is 0 Å². The van der Waals surface area contributed by atoms with E-state index < -0.39 is 17.8 Å². The molecule has 2 fully saturated rings. The average molecular weight is 566 g/mol. The molecule has 0 unspecified atom stereocenters. The predicted molar refractivity (Wildman–Crippen MR) is 138 cm³/mol. The lowest BCUT2D eigenvalue weighted by atomic mass is 9.59. The second-order valence-electron chi connectivity index (χ2n) is 10.7. The number of allylic oxidation sites excluding steroid dienone is 6. The Kier molecular flexibility index (Phi) is 5.97. The Morgan fingerprint density at radius 3 is 2.51 bits per heavy atom. The van der Waals surface area contributed by atoms with Gasteiger partial charge in [0, 0.05) is 40.8 Å². The van der Waals surface area contributed by atoms with Crippen LogP contribution in [0.25, 0.3) is 0 Å². The number of halogens is 1. The third-order valence-corrected chi connectivity index (χ3v) is 9.42. The molecule has 1 N–H and O–H groups in total. The molecule has 1 aliphatic heterocycles. The molecule has 1 aromatic carbocycles. The number of likely N-dealkylation sites (tertiary alicyclic amines) is 1. The number of phenols is 1. The number of methoxy groups -OCH3 is 1. The highest BCUT2D eigenvalue weighted by molar-refractivity contribution is 9.12. The van der Waals surface area contributed by atoms with Crippen molar-refractivity contribution in [3.8, 4) is 11.5 Å². The Morgan fingerprint density at radius 2 is 1.78 bits per heavy atom. The maximum Gasteiger partial charge on any atom is 0.233 e. The molecule has 1 saturated carbocycles. The van der Waals surface area contributed by atoms with Gasteiger partial charge in [-0.1, -0.05) is 37.0 Å². The van der Waals surface area contributed by atoms with Crippen LogP contribution in [0.4, 0.5) is 0 Å². The van der Waals surface area contributed by atoms with Gasteiger partial charge in [-0.2, -0.15) is 0 Å². The Balaban J connectivity index is 1.48. The maximum atomic E-state index is 13.9. The van der Waals surface area contributed by atoms with Crippen molar-refractivity contribution < 1.29 is 29.0 Å².